The van der Waals surface area contributed by atoms with Gasteiger partial charge in [0, 0.05) is 16.4 Å². The molecule has 2 aromatic carbocycles. The second-order valence-electron chi connectivity index (χ2n) is 6.15. The van der Waals surface area contributed by atoms with E-state index in [0.29, 0.717) is 5.02 Å². The van der Waals surface area contributed by atoms with Crippen molar-refractivity contribution in [2.24, 2.45) is 0 Å². The second-order valence-corrected chi connectivity index (χ2v) is 6.59. The van der Waals surface area contributed by atoms with Crippen molar-refractivity contribution in [2.45, 2.75) is 39.2 Å². The van der Waals surface area contributed by atoms with E-state index in [0.717, 1.165) is 23.4 Å². The normalized spacial score (nSPS) is 14.2. The standard InChI is InChI=1S/C19H21ClN2O/c1-12-6-8-16(20)11-18(12)22-19(23)13(2)21-17-9-7-14-4-3-5-15(14)10-17/h6-11,13,21H,3-5H2,1-2H3,(H,22,23)/t13-/m0/s1. The molecule has 0 saturated heterocycles. The van der Waals surface area contributed by atoms with E-state index >= 15 is 0 Å². The van der Waals surface area contributed by atoms with Gasteiger partial charge in [0.2, 0.25) is 5.91 Å². The Hall–Kier alpha value is -2.00. The Morgan fingerprint density at radius 3 is 2.74 bits per heavy atom. The van der Waals surface area contributed by atoms with Crippen molar-refractivity contribution < 1.29 is 4.79 Å². The van der Waals surface area contributed by atoms with E-state index in [1.54, 1.807) is 6.07 Å². The molecule has 3 rings (SSSR count). The van der Waals surface area contributed by atoms with Gasteiger partial charge in [-0.05, 0) is 74.1 Å². The lowest BCUT2D eigenvalue weighted by Crippen LogP contribution is -2.32. The van der Waals surface area contributed by atoms with Gasteiger partial charge < -0.3 is 10.6 Å². The Labute approximate surface area is 142 Å². The number of hydrogen-bond donors (Lipinski definition) is 2. The number of carbonyl (C=O) groups is 1. The predicted molar refractivity (Wildman–Crippen MR) is 96.4 cm³/mol. The van der Waals surface area contributed by atoms with Gasteiger partial charge in [-0.1, -0.05) is 23.7 Å². The van der Waals surface area contributed by atoms with Crippen LogP contribution in [0.15, 0.2) is 36.4 Å². The average Bonchev–Trinajstić information content (AvgIpc) is 2.98. The number of nitrogens with one attached hydrogen (secondary N) is 2. The molecule has 120 valence electrons. The molecule has 1 aliphatic carbocycles. The zero-order valence-corrected chi connectivity index (χ0v) is 14.2. The van der Waals surface area contributed by atoms with Crippen LogP contribution in [-0.2, 0) is 17.6 Å². The maximum absolute atomic E-state index is 12.4. The van der Waals surface area contributed by atoms with E-state index in [-0.39, 0.29) is 11.9 Å². The van der Waals surface area contributed by atoms with E-state index in [9.17, 15) is 4.79 Å². The number of halogens is 1. The largest absolute Gasteiger partial charge is 0.374 e. The summed E-state index contributed by atoms with van der Waals surface area (Å²) in [7, 11) is 0. The minimum absolute atomic E-state index is 0.0733. The average molecular weight is 329 g/mol. The lowest BCUT2D eigenvalue weighted by atomic mass is 10.1. The first kappa shape index (κ1) is 15.9. The summed E-state index contributed by atoms with van der Waals surface area (Å²) in [4.78, 5) is 12.4. The minimum atomic E-state index is -0.326. The summed E-state index contributed by atoms with van der Waals surface area (Å²) in [5, 5.41) is 6.83. The number of hydrogen-bond acceptors (Lipinski definition) is 2. The zero-order chi connectivity index (χ0) is 16.4. The van der Waals surface area contributed by atoms with Crippen molar-refractivity contribution in [3.63, 3.8) is 0 Å². The maximum Gasteiger partial charge on any atom is 0.246 e. The molecule has 0 unspecified atom stereocenters. The van der Waals surface area contributed by atoms with Crippen LogP contribution in [0.2, 0.25) is 5.02 Å². The highest BCUT2D eigenvalue weighted by molar-refractivity contribution is 6.31. The number of carbonyl (C=O) groups excluding carboxylic acids is 1. The van der Waals surface area contributed by atoms with Crippen LogP contribution in [0.25, 0.3) is 0 Å². The van der Waals surface area contributed by atoms with Gasteiger partial charge in [0.15, 0.2) is 0 Å². The van der Waals surface area contributed by atoms with Crippen molar-refractivity contribution in [1.82, 2.24) is 0 Å². The van der Waals surface area contributed by atoms with E-state index in [2.05, 4.69) is 28.8 Å². The molecule has 1 aliphatic rings. The molecule has 2 N–H and O–H groups in total. The third kappa shape index (κ3) is 3.67. The number of amides is 1. The van der Waals surface area contributed by atoms with Crippen molar-refractivity contribution in [2.75, 3.05) is 10.6 Å². The van der Waals surface area contributed by atoms with Gasteiger partial charge in [-0.2, -0.15) is 0 Å². The molecular formula is C19H21ClN2O. The number of anilines is 2. The van der Waals surface area contributed by atoms with E-state index in [1.165, 1.54) is 24.0 Å². The first-order valence-electron chi connectivity index (χ1n) is 7.98. The zero-order valence-electron chi connectivity index (χ0n) is 13.4. The van der Waals surface area contributed by atoms with Crippen LogP contribution in [0.1, 0.15) is 30.0 Å². The minimum Gasteiger partial charge on any atom is -0.374 e. The van der Waals surface area contributed by atoms with Crippen molar-refractivity contribution in [3.8, 4) is 0 Å². The van der Waals surface area contributed by atoms with Crippen molar-refractivity contribution in [1.29, 1.82) is 0 Å². The number of benzene rings is 2. The first-order chi connectivity index (χ1) is 11.0. The monoisotopic (exact) mass is 328 g/mol. The molecule has 1 atom stereocenters. The number of fused-ring (bicyclic) bond motifs is 1. The van der Waals surface area contributed by atoms with Crippen LogP contribution < -0.4 is 10.6 Å². The molecule has 0 radical (unpaired) electrons. The van der Waals surface area contributed by atoms with E-state index in [4.69, 9.17) is 11.6 Å². The molecule has 2 aromatic rings. The van der Waals surface area contributed by atoms with Crippen LogP contribution >= 0.6 is 11.6 Å². The predicted octanol–water partition coefficient (Wildman–Crippen LogP) is 4.58. The fourth-order valence-corrected chi connectivity index (χ4v) is 3.12. The van der Waals surface area contributed by atoms with Gasteiger partial charge in [0.25, 0.3) is 0 Å². The van der Waals surface area contributed by atoms with Crippen LogP contribution in [-0.4, -0.2) is 11.9 Å². The molecule has 0 aliphatic heterocycles. The lowest BCUT2D eigenvalue weighted by molar-refractivity contribution is -0.116. The molecule has 4 heteroatoms. The molecule has 0 aromatic heterocycles. The molecule has 23 heavy (non-hydrogen) atoms. The third-order valence-electron chi connectivity index (χ3n) is 4.33. The summed E-state index contributed by atoms with van der Waals surface area (Å²) in [6.45, 7) is 3.81. The van der Waals surface area contributed by atoms with Gasteiger partial charge >= 0.3 is 0 Å². The van der Waals surface area contributed by atoms with Gasteiger partial charge in [0.05, 0.1) is 0 Å². The fraction of sp³-hybridized carbons (Fsp3) is 0.316. The van der Waals surface area contributed by atoms with E-state index < -0.39 is 0 Å². The molecule has 0 spiro atoms. The third-order valence-corrected chi connectivity index (χ3v) is 4.57. The first-order valence-corrected chi connectivity index (χ1v) is 8.36. The van der Waals surface area contributed by atoms with Crippen LogP contribution in [0.4, 0.5) is 11.4 Å². The number of aryl methyl sites for hydroxylation is 3. The fourth-order valence-electron chi connectivity index (χ4n) is 2.95. The molecular weight excluding hydrogens is 308 g/mol. The van der Waals surface area contributed by atoms with Gasteiger partial charge in [-0.25, -0.2) is 0 Å². The maximum atomic E-state index is 12.4. The topological polar surface area (TPSA) is 41.1 Å². The Balaban J connectivity index is 1.67. The van der Waals surface area contributed by atoms with Crippen molar-refractivity contribution in [3.05, 3.63) is 58.1 Å². The highest BCUT2D eigenvalue weighted by Crippen LogP contribution is 2.25. The summed E-state index contributed by atoms with van der Waals surface area (Å²) >= 11 is 6.00. The molecule has 0 fully saturated rings. The smallest absolute Gasteiger partial charge is 0.246 e. The second kappa shape index (κ2) is 6.63. The summed E-state index contributed by atoms with van der Waals surface area (Å²) in [6.07, 6.45) is 3.52. The Bertz CT molecular complexity index is 742. The molecule has 1 amide bonds. The Kier molecular flexibility index (Phi) is 4.58. The molecule has 0 saturated carbocycles. The summed E-state index contributed by atoms with van der Waals surface area (Å²) < 4.78 is 0. The lowest BCUT2D eigenvalue weighted by Gasteiger charge is -2.17. The SMILES string of the molecule is Cc1ccc(Cl)cc1NC(=O)[C@H](C)Nc1ccc2c(c1)CCC2. The van der Waals surface area contributed by atoms with Crippen LogP contribution in [0.3, 0.4) is 0 Å². The highest BCUT2D eigenvalue weighted by Gasteiger charge is 2.16. The molecule has 0 heterocycles. The van der Waals surface area contributed by atoms with Crippen molar-refractivity contribution >= 4 is 28.9 Å². The van der Waals surface area contributed by atoms with Crippen LogP contribution in [0, 0.1) is 6.92 Å². The summed E-state index contributed by atoms with van der Waals surface area (Å²) in [6, 6.07) is 11.5. The number of rotatable bonds is 4. The molecule has 0 bridgehead atoms. The van der Waals surface area contributed by atoms with Gasteiger partial charge in [-0.15, -0.1) is 0 Å². The summed E-state index contributed by atoms with van der Waals surface area (Å²) in [5.41, 5.74) is 5.57. The van der Waals surface area contributed by atoms with E-state index in [1.807, 2.05) is 26.0 Å². The van der Waals surface area contributed by atoms with Crippen LogP contribution in [0.5, 0.6) is 0 Å². The van der Waals surface area contributed by atoms with Gasteiger partial charge in [-0.3, -0.25) is 4.79 Å². The molecule has 3 nitrogen and oxygen atoms in total. The van der Waals surface area contributed by atoms with Gasteiger partial charge in [0.1, 0.15) is 6.04 Å². The Morgan fingerprint density at radius 2 is 1.91 bits per heavy atom. The summed E-state index contributed by atoms with van der Waals surface area (Å²) in [5.74, 6) is -0.0733. The Morgan fingerprint density at radius 1 is 1.13 bits per heavy atom. The highest BCUT2D eigenvalue weighted by atomic mass is 35.5. The quantitative estimate of drug-likeness (QED) is 0.862.